The Morgan fingerprint density at radius 1 is 0.431 bits per heavy atom. The smallest absolute Gasteiger partial charge is 0.119 e. The highest BCUT2D eigenvalue weighted by atomic mass is 16.3. The largest absolute Gasteiger partial charge is 0.508 e. The first-order chi connectivity index (χ1) is 31.8. The number of allylic oxidation sites excluding steroid dienone is 7. The van der Waals surface area contributed by atoms with E-state index in [9.17, 15) is 10.2 Å². The van der Waals surface area contributed by atoms with Gasteiger partial charge >= 0.3 is 0 Å². The van der Waals surface area contributed by atoms with E-state index >= 15 is 0 Å². The molecule has 0 amide bonds. The van der Waals surface area contributed by atoms with Crippen molar-refractivity contribution < 1.29 is 10.2 Å². The first-order valence-electron chi connectivity index (χ1n) is 22.1. The zero-order chi connectivity index (χ0) is 43.9. The van der Waals surface area contributed by atoms with Crippen molar-refractivity contribution in [2.45, 2.75) is 13.3 Å². The van der Waals surface area contributed by atoms with Crippen LogP contribution in [0.1, 0.15) is 30.0 Å². The molecule has 11 rings (SSSR count). The van der Waals surface area contributed by atoms with Gasteiger partial charge in [0.1, 0.15) is 11.5 Å². The van der Waals surface area contributed by atoms with Crippen molar-refractivity contribution in [2.24, 2.45) is 5.41 Å². The average Bonchev–Trinajstić information content (AvgIpc) is 3.33. The third-order valence-corrected chi connectivity index (χ3v) is 12.8. The van der Waals surface area contributed by atoms with E-state index in [2.05, 4.69) is 235 Å². The molecule has 2 aliphatic rings. The molecule has 65 heavy (non-hydrogen) atoms. The van der Waals surface area contributed by atoms with Crippen LogP contribution in [-0.2, 0) is 0 Å². The van der Waals surface area contributed by atoms with E-state index in [0.29, 0.717) is 0 Å². The van der Waals surface area contributed by atoms with Gasteiger partial charge < -0.3 is 20.0 Å². The molecule has 9 aromatic carbocycles. The molecule has 0 spiro atoms. The Labute approximate surface area is 379 Å². The second-order valence-electron chi connectivity index (χ2n) is 17.3. The van der Waals surface area contributed by atoms with E-state index < -0.39 is 0 Å². The highest BCUT2D eigenvalue weighted by Gasteiger charge is 2.33. The summed E-state index contributed by atoms with van der Waals surface area (Å²) in [4.78, 5) is 4.68. The Bertz CT molecular complexity index is 3350. The molecule has 4 heteroatoms. The Morgan fingerprint density at radius 3 is 1.35 bits per heavy atom. The highest BCUT2D eigenvalue weighted by Crippen LogP contribution is 2.48. The van der Waals surface area contributed by atoms with Crippen molar-refractivity contribution in [1.82, 2.24) is 0 Å². The van der Waals surface area contributed by atoms with Gasteiger partial charge in [0.05, 0.1) is 0 Å². The summed E-state index contributed by atoms with van der Waals surface area (Å²) in [7, 11) is 0. The van der Waals surface area contributed by atoms with Crippen LogP contribution in [0.25, 0.3) is 50.0 Å². The van der Waals surface area contributed by atoms with Gasteiger partial charge in [-0.3, -0.25) is 0 Å². The number of hydrogen-bond acceptors (Lipinski definition) is 4. The van der Waals surface area contributed by atoms with Crippen molar-refractivity contribution in [2.75, 3.05) is 9.80 Å². The van der Waals surface area contributed by atoms with Gasteiger partial charge in [-0.1, -0.05) is 153 Å². The fourth-order valence-electron chi connectivity index (χ4n) is 9.53. The Balaban J connectivity index is 0.901. The van der Waals surface area contributed by atoms with Crippen molar-refractivity contribution in [3.63, 3.8) is 0 Å². The maximum Gasteiger partial charge on any atom is 0.119 e. The lowest BCUT2D eigenvalue weighted by atomic mass is 9.70. The standard InChI is InChI=1S/C61H46N2O2/c1-61-34-8-15-59(50-38-57(64)40-58(65)39-50)60(61)33-32-56(41-61)63(55-31-24-46-11-4-7-14-49(46)37-55)52-27-20-43(21-28-52)17-16-42-18-25-51(26-19-42)62(53-29-22-44-9-2-5-12-47(44)35-53)54-30-23-45-10-3-6-13-48(45)36-54/h2-33,35-41,64-65H,34H2,1H3/b17-16+. The summed E-state index contributed by atoms with van der Waals surface area (Å²) < 4.78 is 0. The van der Waals surface area contributed by atoms with Crippen LogP contribution in [0, 0.1) is 5.41 Å². The number of rotatable bonds is 9. The van der Waals surface area contributed by atoms with E-state index in [0.717, 1.165) is 68.4 Å². The molecule has 4 nitrogen and oxygen atoms in total. The molecule has 0 aliphatic heterocycles. The summed E-state index contributed by atoms with van der Waals surface area (Å²) in [5.41, 5.74) is 11.4. The summed E-state index contributed by atoms with van der Waals surface area (Å²) in [6, 6.07) is 67.9. The average molecular weight is 839 g/mol. The summed E-state index contributed by atoms with van der Waals surface area (Å²) in [6.45, 7) is 2.27. The lowest BCUT2D eigenvalue weighted by Gasteiger charge is -2.38. The van der Waals surface area contributed by atoms with Gasteiger partial charge in [0, 0.05) is 45.6 Å². The van der Waals surface area contributed by atoms with E-state index in [-0.39, 0.29) is 16.9 Å². The minimum Gasteiger partial charge on any atom is -0.508 e. The predicted molar refractivity (Wildman–Crippen MR) is 273 cm³/mol. The Kier molecular flexibility index (Phi) is 9.97. The maximum atomic E-state index is 10.3. The number of anilines is 5. The summed E-state index contributed by atoms with van der Waals surface area (Å²) in [6.07, 6.45) is 16.2. The molecule has 0 aromatic heterocycles. The fraction of sp³-hybridized carbons (Fsp3) is 0.0492. The number of phenolic OH excluding ortho intramolecular Hbond substituents is 2. The van der Waals surface area contributed by atoms with Crippen LogP contribution in [0.3, 0.4) is 0 Å². The minimum absolute atomic E-state index is 0.0421. The first kappa shape index (κ1) is 39.5. The van der Waals surface area contributed by atoms with E-state index in [4.69, 9.17) is 0 Å². The van der Waals surface area contributed by atoms with E-state index in [1.165, 1.54) is 38.4 Å². The Morgan fingerprint density at radius 2 is 0.862 bits per heavy atom. The molecule has 0 radical (unpaired) electrons. The maximum absolute atomic E-state index is 10.3. The highest BCUT2D eigenvalue weighted by molar-refractivity contribution is 5.93. The topological polar surface area (TPSA) is 46.9 Å². The van der Waals surface area contributed by atoms with E-state index in [1.54, 1.807) is 12.1 Å². The molecule has 0 fully saturated rings. The van der Waals surface area contributed by atoms with Gasteiger partial charge in [0.25, 0.3) is 0 Å². The van der Waals surface area contributed by atoms with Gasteiger partial charge in [-0.2, -0.15) is 0 Å². The second kappa shape index (κ2) is 16.4. The van der Waals surface area contributed by atoms with Gasteiger partial charge in [-0.15, -0.1) is 0 Å². The molecule has 1 unspecified atom stereocenters. The normalized spacial score (nSPS) is 15.7. The van der Waals surface area contributed by atoms with Crippen molar-refractivity contribution in [3.8, 4) is 11.5 Å². The molecule has 0 saturated heterocycles. The van der Waals surface area contributed by atoms with Crippen LogP contribution in [0.2, 0.25) is 0 Å². The number of aromatic hydroxyl groups is 2. The van der Waals surface area contributed by atoms with Crippen molar-refractivity contribution >= 4 is 78.5 Å². The van der Waals surface area contributed by atoms with Gasteiger partial charge in [0.15, 0.2) is 0 Å². The lowest BCUT2D eigenvalue weighted by Crippen LogP contribution is -2.26. The number of benzene rings is 9. The molecule has 312 valence electrons. The zero-order valence-corrected chi connectivity index (χ0v) is 36.0. The van der Waals surface area contributed by atoms with Gasteiger partial charge in [-0.05, 0) is 152 Å². The SMILES string of the molecule is CC12C=C(N(c3ccc(/C=C/c4ccc(N(c5ccc6ccccc6c5)c5ccc6ccccc6c5)cc4)cc3)c3ccc4ccccc4c3)C=CC1=C(c1cc(O)cc(O)c1)C=CC2. The van der Waals surface area contributed by atoms with Crippen molar-refractivity contribution in [1.29, 1.82) is 0 Å². The first-order valence-corrected chi connectivity index (χ1v) is 22.1. The zero-order valence-electron chi connectivity index (χ0n) is 36.0. The van der Waals surface area contributed by atoms with Crippen LogP contribution in [0.4, 0.5) is 28.4 Å². The molecular weight excluding hydrogens is 793 g/mol. The number of fused-ring (bicyclic) bond motifs is 4. The van der Waals surface area contributed by atoms with Crippen LogP contribution >= 0.6 is 0 Å². The summed E-state index contributed by atoms with van der Waals surface area (Å²) >= 11 is 0. The van der Waals surface area contributed by atoms with Gasteiger partial charge in [-0.25, -0.2) is 0 Å². The molecule has 0 bridgehead atoms. The van der Waals surface area contributed by atoms with Crippen molar-refractivity contribution in [3.05, 3.63) is 252 Å². The molecule has 2 aliphatic carbocycles. The van der Waals surface area contributed by atoms with E-state index in [1.807, 2.05) is 0 Å². The monoisotopic (exact) mass is 838 g/mol. The Hall–Kier alpha value is -8.34. The summed E-state index contributed by atoms with van der Waals surface area (Å²) in [5, 5.41) is 27.9. The molecule has 1 atom stereocenters. The van der Waals surface area contributed by atoms with Crippen LogP contribution in [-0.4, -0.2) is 10.2 Å². The third-order valence-electron chi connectivity index (χ3n) is 12.8. The van der Waals surface area contributed by atoms with Crippen LogP contribution < -0.4 is 9.80 Å². The molecule has 0 heterocycles. The molecular formula is C61H46N2O2. The third kappa shape index (κ3) is 7.77. The number of nitrogens with zero attached hydrogens (tertiary/aromatic N) is 2. The number of phenols is 2. The quantitative estimate of drug-likeness (QED) is 0.142. The number of hydrogen-bond donors (Lipinski definition) is 2. The summed E-state index contributed by atoms with van der Waals surface area (Å²) in [5.74, 6) is 0.0842. The fourth-order valence-corrected chi connectivity index (χ4v) is 9.53. The lowest BCUT2D eigenvalue weighted by molar-refractivity contribution is 0.450. The minimum atomic E-state index is -0.315. The van der Waals surface area contributed by atoms with Crippen LogP contribution in [0.15, 0.2) is 236 Å². The van der Waals surface area contributed by atoms with Crippen LogP contribution in [0.5, 0.6) is 11.5 Å². The second-order valence-corrected chi connectivity index (χ2v) is 17.3. The molecule has 2 N–H and O–H groups in total. The van der Waals surface area contributed by atoms with Gasteiger partial charge in [0.2, 0.25) is 0 Å². The molecule has 9 aromatic rings. The molecule has 0 saturated carbocycles. The predicted octanol–water partition coefficient (Wildman–Crippen LogP) is 16.2.